The van der Waals surface area contributed by atoms with Crippen LogP contribution in [-0.4, -0.2) is 44.5 Å². The second-order valence-electron chi connectivity index (χ2n) is 7.36. The molecule has 1 aromatic heterocycles. The van der Waals surface area contributed by atoms with E-state index in [1.807, 2.05) is 36.1 Å². The topological polar surface area (TPSA) is 75.7 Å². The highest BCUT2D eigenvalue weighted by atomic mass is 32.2. The van der Waals surface area contributed by atoms with Crippen molar-refractivity contribution < 1.29 is 17.9 Å². The predicted octanol–water partition coefficient (Wildman–Crippen LogP) is 2.66. The van der Waals surface area contributed by atoms with Crippen molar-refractivity contribution in [2.75, 3.05) is 13.2 Å². The smallest absolute Gasteiger partial charge is 0.250 e. The molecule has 2 aliphatic rings. The number of nitrogens with one attached hydrogen (secondary N) is 1. The van der Waals surface area contributed by atoms with E-state index in [0.29, 0.717) is 23.2 Å². The average molecular weight is 421 g/mol. The first kappa shape index (κ1) is 19.4. The van der Waals surface area contributed by atoms with Gasteiger partial charge in [0.1, 0.15) is 9.96 Å². The molecule has 8 heteroatoms. The largest absolute Gasteiger partial charge is 0.494 e. The Morgan fingerprint density at radius 3 is 2.68 bits per heavy atom. The normalized spacial score (nSPS) is 23.9. The van der Waals surface area contributed by atoms with Crippen LogP contribution >= 0.6 is 11.3 Å². The lowest BCUT2D eigenvalue weighted by Crippen LogP contribution is -2.52. The van der Waals surface area contributed by atoms with Gasteiger partial charge in [0.05, 0.1) is 13.0 Å². The van der Waals surface area contributed by atoms with E-state index in [0.717, 1.165) is 30.7 Å². The number of amides is 1. The molecule has 6 nitrogen and oxygen atoms in total. The summed E-state index contributed by atoms with van der Waals surface area (Å²) in [5.74, 6) is 1.21. The molecule has 2 bridgehead atoms. The summed E-state index contributed by atoms with van der Waals surface area (Å²) in [5, 5.41) is 1.75. The summed E-state index contributed by atoms with van der Waals surface area (Å²) in [6.07, 6.45) is 1.98. The van der Waals surface area contributed by atoms with Crippen LogP contribution < -0.4 is 9.46 Å². The van der Waals surface area contributed by atoms with Gasteiger partial charge < -0.3 is 9.64 Å². The van der Waals surface area contributed by atoms with Gasteiger partial charge in [-0.05, 0) is 54.8 Å². The van der Waals surface area contributed by atoms with Crippen molar-refractivity contribution in [2.45, 2.75) is 42.5 Å². The maximum atomic E-state index is 12.9. The molecule has 150 valence electrons. The predicted molar refractivity (Wildman–Crippen MR) is 108 cm³/mol. The maximum absolute atomic E-state index is 12.9. The summed E-state index contributed by atoms with van der Waals surface area (Å²) in [4.78, 5) is 14.7. The number of likely N-dealkylation sites (tertiary alicyclic amines) is 1. The molecule has 0 spiro atoms. The minimum atomic E-state index is -3.52. The lowest BCUT2D eigenvalue weighted by atomic mass is 10.0. The van der Waals surface area contributed by atoms with Crippen LogP contribution in [0.25, 0.3) is 0 Å². The van der Waals surface area contributed by atoms with Gasteiger partial charge in [-0.3, -0.25) is 4.79 Å². The summed E-state index contributed by atoms with van der Waals surface area (Å²) in [6, 6.07) is 10.6. The minimum absolute atomic E-state index is 0.0525. The van der Waals surface area contributed by atoms with E-state index >= 15 is 0 Å². The molecule has 2 fully saturated rings. The van der Waals surface area contributed by atoms with Crippen molar-refractivity contribution in [1.29, 1.82) is 0 Å². The summed E-state index contributed by atoms with van der Waals surface area (Å²) in [5.41, 5.74) is 0.937. The Labute approximate surface area is 169 Å². The van der Waals surface area contributed by atoms with Crippen LogP contribution in [0.1, 0.15) is 25.3 Å². The average Bonchev–Trinajstić information content (AvgIpc) is 3.40. The van der Waals surface area contributed by atoms with Crippen LogP contribution in [0.3, 0.4) is 0 Å². The van der Waals surface area contributed by atoms with Crippen molar-refractivity contribution in [3.8, 4) is 5.75 Å². The molecule has 28 heavy (non-hydrogen) atoms. The number of nitrogens with zero attached hydrogens (tertiary/aromatic N) is 1. The van der Waals surface area contributed by atoms with Crippen molar-refractivity contribution in [3.05, 3.63) is 47.3 Å². The maximum Gasteiger partial charge on any atom is 0.250 e. The molecule has 3 unspecified atom stereocenters. The Morgan fingerprint density at radius 1 is 1.25 bits per heavy atom. The fourth-order valence-electron chi connectivity index (χ4n) is 4.26. The Balaban J connectivity index is 1.41. The number of piperidine rings is 1. The summed E-state index contributed by atoms with van der Waals surface area (Å²) >= 11 is 1.21. The molecule has 2 heterocycles. The summed E-state index contributed by atoms with van der Waals surface area (Å²) < 4.78 is 33.7. The van der Waals surface area contributed by atoms with E-state index < -0.39 is 10.0 Å². The van der Waals surface area contributed by atoms with Gasteiger partial charge >= 0.3 is 0 Å². The number of ether oxygens (including phenoxy) is 1. The molecule has 1 aliphatic carbocycles. The molecule has 1 saturated heterocycles. The van der Waals surface area contributed by atoms with Gasteiger partial charge in [0.15, 0.2) is 0 Å². The van der Waals surface area contributed by atoms with E-state index in [9.17, 15) is 13.2 Å². The first-order valence-electron chi connectivity index (χ1n) is 9.53. The van der Waals surface area contributed by atoms with Crippen molar-refractivity contribution in [3.63, 3.8) is 0 Å². The van der Waals surface area contributed by atoms with E-state index in [1.165, 1.54) is 11.3 Å². The minimum Gasteiger partial charge on any atom is -0.494 e. The molecule has 1 aromatic carbocycles. The van der Waals surface area contributed by atoms with Gasteiger partial charge in [0.2, 0.25) is 15.9 Å². The summed E-state index contributed by atoms with van der Waals surface area (Å²) in [6.45, 7) is 3.26. The van der Waals surface area contributed by atoms with Gasteiger partial charge in [0, 0.05) is 18.6 Å². The molecule has 1 saturated carbocycles. The Bertz CT molecular complexity index is 926. The lowest BCUT2D eigenvalue weighted by molar-refractivity contribution is -0.132. The van der Waals surface area contributed by atoms with E-state index in [-0.39, 0.29) is 18.0 Å². The zero-order chi connectivity index (χ0) is 19.7. The second-order valence-corrected chi connectivity index (χ2v) is 10.3. The highest BCUT2D eigenvalue weighted by Gasteiger charge is 2.48. The molecule has 1 aliphatic heterocycles. The van der Waals surface area contributed by atoms with Crippen LogP contribution in [0.4, 0.5) is 0 Å². The first-order valence-corrected chi connectivity index (χ1v) is 11.9. The Kier molecular flexibility index (Phi) is 5.44. The number of rotatable bonds is 7. The van der Waals surface area contributed by atoms with Gasteiger partial charge in [-0.15, -0.1) is 11.3 Å². The highest BCUT2D eigenvalue weighted by Crippen LogP contribution is 2.39. The van der Waals surface area contributed by atoms with E-state index in [2.05, 4.69) is 4.72 Å². The van der Waals surface area contributed by atoms with Gasteiger partial charge in [-0.2, -0.15) is 0 Å². The molecule has 1 amide bonds. The third-order valence-electron chi connectivity index (χ3n) is 5.46. The number of sulfonamides is 1. The Hall–Kier alpha value is -1.90. The highest BCUT2D eigenvalue weighted by molar-refractivity contribution is 7.91. The molecule has 3 atom stereocenters. The van der Waals surface area contributed by atoms with Crippen molar-refractivity contribution in [2.24, 2.45) is 5.92 Å². The van der Waals surface area contributed by atoms with Gasteiger partial charge in [0.25, 0.3) is 0 Å². The molecule has 0 radical (unpaired) electrons. The number of hydrogen-bond acceptors (Lipinski definition) is 5. The number of fused-ring (bicyclic) bond motifs is 2. The number of benzene rings is 1. The third kappa shape index (κ3) is 3.94. The molecule has 4 rings (SSSR count). The van der Waals surface area contributed by atoms with Crippen LogP contribution in [0, 0.1) is 5.92 Å². The van der Waals surface area contributed by atoms with E-state index in [1.54, 1.807) is 17.5 Å². The van der Waals surface area contributed by atoms with Gasteiger partial charge in [-0.1, -0.05) is 18.2 Å². The zero-order valence-electron chi connectivity index (χ0n) is 15.7. The Morgan fingerprint density at radius 2 is 2.04 bits per heavy atom. The monoisotopic (exact) mass is 420 g/mol. The van der Waals surface area contributed by atoms with Crippen molar-refractivity contribution in [1.82, 2.24) is 9.62 Å². The SMILES string of the molecule is CCOc1ccc(CC(=O)N2CC3CC(NS(=O)(=O)c4cccs4)C2C3)cc1. The van der Waals surface area contributed by atoms with Crippen LogP contribution in [0.2, 0.25) is 0 Å². The number of hydrogen-bond donors (Lipinski definition) is 1. The van der Waals surface area contributed by atoms with Gasteiger partial charge in [-0.25, -0.2) is 13.1 Å². The standard InChI is InChI=1S/C20H24N2O4S2/c1-2-26-16-7-5-14(6-8-16)12-19(23)22-13-15-10-17(18(22)11-15)21-28(24,25)20-4-3-9-27-20/h3-9,15,17-18,21H,2,10-13H2,1H3. The molecule has 2 aromatic rings. The fourth-order valence-corrected chi connectivity index (χ4v) is 6.55. The first-order chi connectivity index (χ1) is 13.5. The fraction of sp³-hybridized carbons (Fsp3) is 0.450. The van der Waals surface area contributed by atoms with Crippen molar-refractivity contribution >= 4 is 27.3 Å². The van der Waals surface area contributed by atoms with Crippen LogP contribution in [0.5, 0.6) is 5.75 Å². The third-order valence-corrected chi connectivity index (χ3v) is 8.35. The summed E-state index contributed by atoms with van der Waals surface area (Å²) in [7, 11) is -3.52. The quantitative estimate of drug-likeness (QED) is 0.747. The zero-order valence-corrected chi connectivity index (χ0v) is 17.3. The van der Waals surface area contributed by atoms with Crippen LogP contribution in [0.15, 0.2) is 46.0 Å². The number of carbonyl (C=O) groups excluding carboxylic acids is 1. The molecular weight excluding hydrogens is 396 g/mol. The molecule has 1 N–H and O–H groups in total. The second kappa shape index (κ2) is 7.85. The molecular formula is C20H24N2O4S2. The van der Waals surface area contributed by atoms with Crippen LogP contribution in [-0.2, 0) is 21.2 Å². The lowest BCUT2D eigenvalue weighted by Gasteiger charge is -2.33. The number of carbonyl (C=O) groups is 1. The number of thiophene rings is 1. The van der Waals surface area contributed by atoms with E-state index in [4.69, 9.17) is 4.74 Å².